The first-order valence-electron chi connectivity index (χ1n) is 8.28. The number of fused-ring (bicyclic) bond motifs is 2. The van der Waals surface area contributed by atoms with Crippen LogP contribution in [0.5, 0.6) is 5.75 Å². The van der Waals surface area contributed by atoms with Gasteiger partial charge < -0.3 is 15.2 Å². The first-order chi connectivity index (χ1) is 11.7. The van der Waals surface area contributed by atoms with Gasteiger partial charge in [0.25, 0.3) is 0 Å². The molecule has 1 aromatic heterocycles. The van der Waals surface area contributed by atoms with Crippen molar-refractivity contribution in [3.8, 4) is 17.0 Å². The highest BCUT2D eigenvalue weighted by Crippen LogP contribution is 2.32. The van der Waals surface area contributed by atoms with Crippen molar-refractivity contribution in [3.63, 3.8) is 0 Å². The Labute approximate surface area is 141 Å². The molecule has 0 radical (unpaired) electrons. The van der Waals surface area contributed by atoms with Crippen molar-refractivity contribution >= 4 is 16.6 Å². The van der Waals surface area contributed by atoms with E-state index in [9.17, 15) is 5.11 Å². The van der Waals surface area contributed by atoms with Crippen molar-refractivity contribution in [1.82, 2.24) is 4.98 Å². The van der Waals surface area contributed by atoms with Crippen molar-refractivity contribution in [2.24, 2.45) is 0 Å². The first kappa shape index (κ1) is 15.0. The third-order valence-corrected chi connectivity index (χ3v) is 4.29. The molecule has 4 heteroatoms. The van der Waals surface area contributed by atoms with Gasteiger partial charge in [0, 0.05) is 29.6 Å². The summed E-state index contributed by atoms with van der Waals surface area (Å²) in [5.41, 5.74) is 5.19. The standard InChI is InChI=1S/C20H20N2O2/c1-13(23)12-21-19-11-18(22-17-5-3-2-4-16(17)19)14-6-7-20-15(10-14)8-9-24-20/h2-7,10-11,13,23H,8-9,12H2,1H3,(H,21,22). The van der Waals surface area contributed by atoms with E-state index in [1.54, 1.807) is 6.92 Å². The second-order valence-corrected chi connectivity index (χ2v) is 6.22. The summed E-state index contributed by atoms with van der Waals surface area (Å²) in [6.07, 6.45) is 0.543. The average Bonchev–Trinajstić information content (AvgIpc) is 3.07. The van der Waals surface area contributed by atoms with Crippen LogP contribution < -0.4 is 10.1 Å². The smallest absolute Gasteiger partial charge is 0.122 e. The predicted molar refractivity (Wildman–Crippen MR) is 96.5 cm³/mol. The highest BCUT2D eigenvalue weighted by molar-refractivity contribution is 5.93. The fraction of sp³-hybridized carbons (Fsp3) is 0.250. The van der Waals surface area contributed by atoms with Gasteiger partial charge in [0.05, 0.1) is 23.9 Å². The lowest BCUT2D eigenvalue weighted by Gasteiger charge is -2.13. The molecule has 0 amide bonds. The Kier molecular flexibility index (Phi) is 3.82. The second kappa shape index (κ2) is 6.13. The molecule has 0 bridgehead atoms. The van der Waals surface area contributed by atoms with Crippen LogP contribution in [0.4, 0.5) is 5.69 Å². The molecule has 4 nitrogen and oxygen atoms in total. The number of aliphatic hydroxyl groups excluding tert-OH is 1. The molecule has 122 valence electrons. The lowest BCUT2D eigenvalue weighted by atomic mass is 10.0. The molecule has 0 saturated carbocycles. The maximum absolute atomic E-state index is 9.59. The van der Waals surface area contributed by atoms with Gasteiger partial charge in [0.1, 0.15) is 5.75 Å². The van der Waals surface area contributed by atoms with Gasteiger partial charge in [0.15, 0.2) is 0 Å². The highest BCUT2D eigenvalue weighted by atomic mass is 16.5. The molecule has 3 aromatic rings. The molecule has 0 aliphatic carbocycles. The van der Waals surface area contributed by atoms with Gasteiger partial charge in [-0.3, -0.25) is 0 Å². The Bertz CT molecular complexity index is 890. The van der Waals surface area contributed by atoms with Crippen LogP contribution >= 0.6 is 0 Å². The van der Waals surface area contributed by atoms with Gasteiger partial charge in [0.2, 0.25) is 0 Å². The molecule has 4 rings (SSSR count). The van der Waals surface area contributed by atoms with Gasteiger partial charge in [-0.25, -0.2) is 4.98 Å². The zero-order valence-corrected chi connectivity index (χ0v) is 13.6. The molecular formula is C20H20N2O2. The molecule has 1 aliphatic heterocycles. The van der Waals surface area contributed by atoms with Crippen molar-refractivity contribution < 1.29 is 9.84 Å². The van der Waals surface area contributed by atoms with Gasteiger partial charge in [-0.2, -0.15) is 0 Å². The molecular weight excluding hydrogens is 300 g/mol. The molecule has 2 heterocycles. The number of anilines is 1. The van der Waals surface area contributed by atoms with Crippen LogP contribution in [0.25, 0.3) is 22.2 Å². The summed E-state index contributed by atoms with van der Waals surface area (Å²) >= 11 is 0. The number of nitrogens with one attached hydrogen (secondary N) is 1. The van der Waals surface area contributed by atoms with Crippen molar-refractivity contribution in [3.05, 3.63) is 54.1 Å². The van der Waals surface area contributed by atoms with Crippen LogP contribution in [-0.2, 0) is 6.42 Å². The molecule has 1 unspecified atom stereocenters. The highest BCUT2D eigenvalue weighted by Gasteiger charge is 2.14. The average molecular weight is 320 g/mol. The van der Waals surface area contributed by atoms with E-state index in [-0.39, 0.29) is 0 Å². The van der Waals surface area contributed by atoms with Gasteiger partial charge in [-0.1, -0.05) is 18.2 Å². The number of hydrogen-bond donors (Lipinski definition) is 2. The van der Waals surface area contributed by atoms with Gasteiger partial charge in [-0.05, 0) is 42.8 Å². The Hall–Kier alpha value is -2.59. The number of aliphatic hydroxyl groups is 1. The molecule has 24 heavy (non-hydrogen) atoms. The van der Waals surface area contributed by atoms with Gasteiger partial charge >= 0.3 is 0 Å². The summed E-state index contributed by atoms with van der Waals surface area (Å²) in [6, 6.07) is 16.4. The zero-order valence-electron chi connectivity index (χ0n) is 13.6. The number of benzene rings is 2. The topological polar surface area (TPSA) is 54.4 Å². The summed E-state index contributed by atoms with van der Waals surface area (Å²) in [5, 5.41) is 14.0. The van der Waals surface area contributed by atoms with Crippen LogP contribution in [-0.4, -0.2) is 29.3 Å². The van der Waals surface area contributed by atoms with E-state index < -0.39 is 6.10 Å². The predicted octanol–water partition coefficient (Wildman–Crippen LogP) is 3.63. The number of nitrogens with zero attached hydrogens (tertiary/aromatic N) is 1. The lowest BCUT2D eigenvalue weighted by Crippen LogP contribution is -2.15. The minimum atomic E-state index is -0.405. The molecule has 0 saturated heterocycles. The Morgan fingerprint density at radius 2 is 2.08 bits per heavy atom. The van der Waals surface area contributed by atoms with Crippen LogP contribution in [0, 0.1) is 0 Å². The van der Waals surface area contributed by atoms with Crippen LogP contribution in [0.1, 0.15) is 12.5 Å². The number of para-hydroxylation sites is 1. The number of ether oxygens (including phenoxy) is 1. The van der Waals surface area contributed by atoms with Crippen molar-refractivity contribution in [2.45, 2.75) is 19.4 Å². The molecule has 1 aliphatic rings. The quantitative estimate of drug-likeness (QED) is 0.771. The van der Waals surface area contributed by atoms with Crippen LogP contribution in [0.3, 0.4) is 0 Å². The number of aromatic nitrogens is 1. The van der Waals surface area contributed by atoms with E-state index in [4.69, 9.17) is 9.72 Å². The molecule has 2 N–H and O–H groups in total. The fourth-order valence-electron chi connectivity index (χ4n) is 3.07. The van der Waals surface area contributed by atoms with E-state index in [1.807, 2.05) is 30.3 Å². The maximum Gasteiger partial charge on any atom is 0.122 e. The van der Waals surface area contributed by atoms with E-state index >= 15 is 0 Å². The fourth-order valence-corrected chi connectivity index (χ4v) is 3.07. The molecule has 0 spiro atoms. The Balaban J connectivity index is 1.80. The van der Waals surface area contributed by atoms with Gasteiger partial charge in [-0.15, -0.1) is 0 Å². The van der Waals surface area contributed by atoms with E-state index in [0.29, 0.717) is 6.54 Å². The maximum atomic E-state index is 9.59. The summed E-state index contributed by atoms with van der Waals surface area (Å²) in [5.74, 6) is 0.979. The molecule has 0 fully saturated rings. The van der Waals surface area contributed by atoms with E-state index in [0.717, 1.165) is 46.6 Å². The summed E-state index contributed by atoms with van der Waals surface area (Å²) in [4.78, 5) is 4.82. The largest absolute Gasteiger partial charge is 0.493 e. The first-order valence-corrected chi connectivity index (χ1v) is 8.28. The van der Waals surface area contributed by atoms with Crippen molar-refractivity contribution in [2.75, 3.05) is 18.5 Å². The molecule has 2 aromatic carbocycles. The minimum absolute atomic E-state index is 0.405. The Morgan fingerprint density at radius 3 is 2.96 bits per heavy atom. The third-order valence-electron chi connectivity index (χ3n) is 4.29. The van der Waals surface area contributed by atoms with E-state index in [1.165, 1.54) is 5.56 Å². The SMILES string of the molecule is CC(O)CNc1cc(-c2ccc3c(c2)CCO3)nc2ccccc12. The number of hydrogen-bond acceptors (Lipinski definition) is 4. The summed E-state index contributed by atoms with van der Waals surface area (Å²) < 4.78 is 5.59. The minimum Gasteiger partial charge on any atom is -0.493 e. The Morgan fingerprint density at radius 1 is 1.21 bits per heavy atom. The summed E-state index contributed by atoms with van der Waals surface area (Å²) in [6.45, 7) is 3.04. The zero-order chi connectivity index (χ0) is 16.5. The summed E-state index contributed by atoms with van der Waals surface area (Å²) in [7, 11) is 0. The molecule has 1 atom stereocenters. The normalized spacial score (nSPS) is 14.2. The number of rotatable bonds is 4. The van der Waals surface area contributed by atoms with Crippen LogP contribution in [0.15, 0.2) is 48.5 Å². The van der Waals surface area contributed by atoms with E-state index in [2.05, 4.69) is 23.5 Å². The van der Waals surface area contributed by atoms with Crippen molar-refractivity contribution in [1.29, 1.82) is 0 Å². The third kappa shape index (κ3) is 2.81. The lowest BCUT2D eigenvalue weighted by molar-refractivity contribution is 0.208. The second-order valence-electron chi connectivity index (χ2n) is 6.22. The monoisotopic (exact) mass is 320 g/mol. The van der Waals surface area contributed by atoms with Crippen LogP contribution in [0.2, 0.25) is 0 Å². The number of pyridine rings is 1.